The van der Waals surface area contributed by atoms with Gasteiger partial charge in [0.2, 0.25) is 11.9 Å². The van der Waals surface area contributed by atoms with Gasteiger partial charge in [-0.3, -0.25) is 10.5 Å². The van der Waals surface area contributed by atoms with Gasteiger partial charge in [0, 0.05) is 24.3 Å². The first-order chi connectivity index (χ1) is 27.5. The number of benzene rings is 4. The fourth-order valence-corrected chi connectivity index (χ4v) is 5.20. The summed E-state index contributed by atoms with van der Waals surface area (Å²) in [6, 6.07) is 14.5. The number of carboxylic acids is 2. The molecule has 0 aliphatic rings. The van der Waals surface area contributed by atoms with Crippen LogP contribution in [0.25, 0.3) is 0 Å². The van der Waals surface area contributed by atoms with Gasteiger partial charge < -0.3 is 39.8 Å². The molecule has 0 saturated carbocycles. The molecule has 5 aromatic rings. The van der Waals surface area contributed by atoms with E-state index in [-0.39, 0.29) is 59.1 Å². The van der Waals surface area contributed by atoms with Gasteiger partial charge in [0.15, 0.2) is 0 Å². The van der Waals surface area contributed by atoms with Gasteiger partial charge in [-0.05, 0) is 48.4 Å². The maximum atomic E-state index is 11.5. The van der Waals surface area contributed by atoms with Crippen molar-refractivity contribution in [3.63, 3.8) is 0 Å². The zero-order chi connectivity index (χ0) is 41.1. The first-order valence-electron chi connectivity index (χ1n) is 16.4. The lowest BCUT2D eigenvalue weighted by atomic mass is 10.1. The summed E-state index contributed by atoms with van der Waals surface area (Å²) in [5.74, 6) is -0.938. The standard InChI is InChI=1S/C36H35N9O12/c1-18-37-35(39-25-12-31(54-4)27(14-29(25)52-2)44-42-23-7-19(16-56-50)6-20(8-23)17-57-51)41-36(38-18)40-26-13-32(55-5)28(15-30(26)53-3)45-43-24-10-21(33(46)47)9-22(11-24)34(48)49/h6-15,50-51H,16-17H2,1-5H3,(H,46,47)(H,48,49)(H2,37,38,39,40,41). The topological polar surface area (TPSA) is 283 Å². The molecule has 6 N–H and O–H groups in total. The van der Waals surface area contributed by atoms with Crippen molar-refractivity contribution in [2.24, 2.45) is 20.5 Å². The summed E-state index contributed by atoms with van der Waals surface area (Å²) in [7, 11) is 5.74. The second-order valence-electron chi connectivity index (χ2n) is 11.6. The van der Waals surface area contributed by atoms with Crippen LogP contribution in [0, 0.1) is 6.92 Å². The number of anilines is 4. The zero-order valence-corrected chi connectivity index (χ0v) is 30.9. The van der Waals surface area contributed by atoms with E-state index in [1.807, 2.05) is 0 Å². The van der Waals surface area contributed by atoms with Crippen LogP contribution in [0.2, 0.25) is 0 Å². The number of aromatic nitrogens is 3. The van der Waals surface area contributed by atoms with Gasteiger partial charge in [0.1, 0.15) is 53.4 Å². The van der Waals surface area contributed by atoms with Crippen molar-refractivity contribution in [1.29, 1.82) is 0 Å². The number of rotatable bonds is 18. The Hall–Kier alpha value is -7.33. The van der Waals surface area contributed by atoms with Crippen LogP contribution >= 0.6 is 0 Å². The van der Waals surface area contributed by atoms with Crippen molar-refractivity contribution < 1.29 is 59.0 Å². The third-order valence-electron chi connectivity index (χ3n) is 7.70. The fourth-order valence-electron chi connectivity index (χ4n) is 5.20. The Labute approximate surface area is 323 Å². The molecule has 0 fully saturated rings. The van der Waals surface area contributed by atoms with Crippen molar-refractivity contribution in [3.8, 4) is 23.0 Å². The minimum absolute atomic E-state index is 0.00896. The molecule has 1 aromatic heterocycles. The third-order valence-corrected chi connectivity index (χ3v) is 7.70. The first-order valence-corrected chi connectivity index (χ1v) is 16.4. The molecule has 0 aliphatic heterocycles. The Morgan fingerprint density at radius 2 is 0.982 bits per heavy atom. The minimum atomic E-state index is -1.33. The van der Waals surface area contributed by atoms with Gasteiger partial charge in [-0.15, -0.1) is 10.2 Å². The number of hydrogen-bond acceptors (Lipinski definition) is 19. The van der Waals surface area contributed by atoms with E-state index in [9.17, 15) is 19.8 Å². The van der Waals surface area contributed by atoms with Crippen molar-refractivity contribution in [1.82, 2.24) is 15.0 Å². The molecular weight excluding hydrogens is 750 g/mol. The maximum absolute atomic E-state index is 11.5. The Morgan fingerprint density at radius 3 is 1.37 bits per heavy atom. The number of azo groups is 2. The number of aromatic carboxylic acids is 2. The molecule has 0 aliphatic carbocycles. The van der Waals surface area contributed by atoms with Gasteiger partial charge in [0.25, 0.3) is 0 Å². The van der Waals surface area contributed by atoms with Crippen LogP contribution in [-0.2, 0) is 23.0 Å². The molecule has 1 heterocycles. The summed E-state index contributed by atoms with van der Waals surface area (Å²) in [6.45, 7) is 1.42. The van der Waals surface area contributed by atoms with E-state index < -0.39 is 11.9 Å². The number of carbonyl (C=O) groups is 2. The SMILES string of the molecule is COc1cc(Nc2nc(C)nc(Nc3cc(OC)c(N=Nc4cc(C(=O)O)cc(C(=O)O)c4)cc3OC)n2)c(OC)cc1N=Nc1cc(COO)cc(COO)c1. The lowest BCUT2D eigenvalue weighted by Crippen LogP contribution is -2.07. The normalized spacial score (nSPS) is 11.1. The molecule has 0 bridgehead atoms. The monoisotopic (exact) mass is 785 g/mol. The van der Waals surface area contributed by atoms with Crippen molar-refractivity contribution in [2.75, 3.05) is 39.1 Å². The van der Waals surface area contributed by atoms with E-state index in [0.717, 1.165) is 6.07 Å². The molecule has 0 amide bonds. The molecular formula is C36H35N9O12. The largest absolute Gasteiger partial charge is 0.494 e. The average Bonchev–Trinajstić information content (AvgIpc) is 3.19. The summed E-state index contributed by atoms with van der Waals surface area (Å²) < 4.78 is 22.3. The second-order valence-corrected chi connectivity index (χ2v) is 11.6. The van der Waals surface area contributed by atoms with Gasteiger partial charge in [-0.2, -0.15) is 25.2 Å². The summed E-state index contributed by atoms with van der Waals surface area (Å²) in [6.07, 6.45) is 0. The number of hydrogen-bond donors (Lipinski definition) is 6. The van der Waals surface area contributed by atoms with E-state index >= 15 is 0 Å². The Morgan fingerprint density at radius 1 is 0.561 bits per heavy atom. The molecule has 57 heavy (non-hydrogen) atoms. The highest BCUT2D eigenvalue weighted by Gasteiger charge is 2.17. The highest BCUT2D eigenvalue weighted by molar-refractivity contribution is 5.95. The van der Waals surface area contributed by atoms with E-state index in [0.29, 0.717) is 51.2 Å². The van der Waals surface area contributed by atoms with Crippen LogP contribution in [0.3, 0.4) is 0 Å². The molecule has 0 saturated heterocycles. The molecule has 21 heteroatoms. The fraction of sp³-hybridized carbons (Fsp3) is 0.194. The first kappa shape index (κ1) is 40.8. The minimum Gasteiger partial charge on any atom is -0.494 e. The van der Waals surface area contributed by atoms with Crippen molar-refractivity contribution >= 4 is 58.0 Å². The molecule has 5 rings (SSSR count). The third kappa shape index (κ3) is 10.5. The van der Waals surface area contributed by atoms with Crippen LogP contribution in [0.5, 0.6) is 23.0 Å². The Balaban J connectivity index is 1.41. The molecule has 296 valence electrons. The van der Waals surface area contributed by atoms with Crippen LogP contribution in [0.15, 0.2) is 81.1 Å². The van der Waals surface area contributed by atoms with Gasteiger partial charge in [-0.25, -0.2) is 19.4 Å². The van der Waals surface area contributed by atoms with E-state index in [4.69, 9.17) is 29.5 Å². The molecule has 0 spiro atoms. The highest BCUT2D eigenvalue weighted by Crippen LogP contribution is 2.42. The number of ether oxygens (including phenoxy) is 4. The summed E-state index contributed by atoms with van der Waals surface area (Å²) in [5, 5.41) is 59.6. The lowest BCUT2D eigenvalue weighted by Gasteiger charge is -2.15. The van der Waals surface area contributed by atoms with E-state index in [2.05, 4.69) is 55.8 Å². The van der Waals surface area contributed by atoms with Crippen LogP contribution in [0.1, 0.15) is 37.7 Å². The number of nitrogens with zero attached hydrogens (tertiary/aromatic N) is 7. The van der Waals surface area contributed by atoms with E-state index in [1.165, 1.54) is 46.6 Å². The van der Waals surface area contributed by atoms with Crippen molar-refractivity contribution in [2.45, 2.75) is 20.1 Å². The van der Waals surface area contributed by atoms with Crippen LogP contribution in [-0.4, -0.2) is 76.1 Å². The van der Waals surface area contributed by atoms with E-state index in [1.54, 1.807) is 43.3 Å². The van der Waals surface area contributed by atoms with Crippen LogP contribution in [0.4, 0.5) is 46.0 Å². The molecule has 21 nitrogen and oxygen atoms in total. The maximum Gasteiger partial charge on any atom is 0.335 e. The molecule has 0 radical (unpaired) electrons. The number of methoxy groups -OCH3 is 4. The summed E-state index contributed by atoms with van der Waals surface area (Å²) >= 11 is 0. The average molecular weight is 786 g/mol. The quantitative estimate of drug-likeness (QED) is 0.0279. The molecule has 0 atom stereocenters. The molecule has 4 aromatic carbocycles. The Kier molecular flexibility index (Phi) is 13.5. The predicted molar refractivity (Wildman–Crippen MR) is 200 cm³/mol. The smallest absolute Gasteiger partial charge is 0.335 e. The summed E-state index contributed by atoms with van der Waals surface area (Å²) in [4.78, 5) is 44.8. The second kappa shape index (κ2) is 18.8. The molecule has 0 unspecified atom stereocenters. The number of carboxylic acid groups (broad SMARTS) is 2. The summed E-state index contributed by atoms with van der Waals surface area (Å²) in [5.41, 5.74) is 2.21. The highest BCUT2D eigenvalue weighted by atomic mass is 17.1. The Bertz CT molecular complexity index is 2280. The van der Waals surface area contributed by atoms with Gasteiger partial charge in [0.05, 0.1) is 62.3 Å². The van der Waals surface area contributed by atoms with Gasteiger partial charge in [-0.1, -0.05) is 6.07 Å². The number of nitrogens with one attached hydrogen (secondary N) is 2. The lowest BCUT2D eigenvalue weighted by molar-refractivity contribution is -0.254. The van der Waals surface area contributed by atoms with Crippen molar-refractivity contribution in [3.05, 3.63) is 88.7 Å². The van der Waals surface area contributed by atoms with Gasteiger partial charge >= 0.3 is 11.9 Å². The van der Waals surface area contributed by atoms with Crippen LogP contribution < -0.4 is 29.6 Å². The predicted octanol–water partition coefficient (Wildman–Crippen LogP) is 7.91. The number of aryl methyl sites for hydroxylation is 1. The zero-order valence-electron chi connectivity index (χ0n) is 30.9.